The highest BCUT2D eigenvalue weighted by Crippen LogP contribution is 2.47. The Bertz CT molecular complexity index is 1670. The summed E-state index contributed by atoms with van der Waals surface area (Å²) in [6.45, 7) is 9.09. The van der Waals surface area contributed by atoms with Gasteiger partial charge < -0.3 is 14.9 Å². The number of anilines is 3. The zero-order chi connectivity index (χ0) is 30.1. The number of benzene rings is 3. The highest BCUT2D eigenvalue weighted by atomic mass is 19.3. The Labute approximate surface area is 237 Å². The van der Waals surface area contributed by atoms with E-state index in [1.807, 2.05) is 56.3 Å². The van der Waals surface area contributed by atoms with Crippen molar-refractivity contribution in [3.8, 4) is 0 Å². The molecule has 0 bridgehead atoms. The van der Waals surface area contributed by atoms with Crippen molar-refractivity contribution < 1.29 is 23.1 Å². The number of carbonyl (C=O) groups is 1. The van der Waals surface area contributed by atoms with E-state index in [-0.39, 0.29) is 11.5 Å². The predicted octanol–water partition coefficient (Wildman–Crippen LogP) is 7.09. The van der Waals surface area contributed by atoms with Crippen molar-refractivity contribution in [1.29, 1.82) is 0 Å². The summed E-state index contributed by atoms with van der Waals surface area (Å²) in [5.41, 5.74) is -1.32. The molecule has 0 aliphatic carbocycles. The minimum Gasteiger partial charge on any atom is -0.384 e. The van der Waals surface area contributed by atoms with Crippen LogP contribution in [-0.4, -0.2) is 33.6 Å². The van der Waals surface area contributed by atoms with Gasteiger partial charge in [-0.1, -0.05) is 30.3 Å². The number of aliphatic hydroxyl groups is 1. The van der Waals surface area contributed by atoms with Gasteiger partial charge in [0.25, 0.3) is 0 Å². The first-order valence-electron chi connectivity index (χ1n) is 13.4. The molecule has 9 heteroatoms. The Morgan fingerprint density at radius 1 is 1.02 bits per heavy atom. The van der Waals surface area contributed by atoms with Crippen LogP contribution in [0, 0.1) is 12.7 Å². The first-order chi connectivity index (χ1) is 19.1. The highest BCUT2D eigenvalue weighted by molar-refractivity contribution is 6.10. The van der Waals surface area contributed by atoms with Gasteiger partial charge >= 0.3 is 5.92 Å². The van der Waals surface area contributed by atoms with E-state index in [2.05, 4.69) is 4.98 Å². The summed E-state index contributed by atoms with van der Waals surface area (Å²) in [4.78, 5) is 25.9. The summed E-state index contributed by atoms with van der Waals surface area (Å²) >= 11 is 0. The third-order valence-corrected chi connectivity index (χ3v) is 8.01. The predicted molar refractivity (Wildman–Crippen MR) is 154 cm³/mol. The molecule has 0 radical (unpaired) electrons. The zero-order valence-electron chi connectivity index (χ0n) is 24.1. The number of halogens is 3. The normalized spacial score (nSPS) is 15.8. The van der Waals surface area contributed by atoms with Crippen molar-refractivity contribution >= 4 is 34.0 Å². The minimum absolute atomic E-state index is 0.0103. The van der Waals surface area contributed by atoms with Crippen molar-refractivity contribution in [2.24, 2.45) is 0 Å². The standard InChI is InChI=1S/C32H33F3N4O2/c1-18(21-14-11-15-23(27(21)33)32(34,35)31(5,6)41)39(20-12-9-8-10-13-20)28-22-16-24-26(17-25(22)36-19(2)37-28)38(7)29(40)30(24,3)4/h8-18,41H,1-7H3. The first kappa shape index (κ1) is 28.5. The van der Waals surface area contributed by atoms with Gasteiger partial charge in [-0.2, -0.15) is 8.78 Å². The summed E-state index contributed by atoms with van der Waals surface area (Å²) in [5.74, 6) is -4.08. The summed E-state index contributed by atoms with van der Waals surface area (Å²) in [6.07, 6.45) is 0. The van der Waals surface area contributed by atoms with Crippen LogP contribution in [0.15, 0.2) is 60.7 Å². The van der Waals surface area contributed by atoms with Crippen LogP contribution in [0.3, 0.4) is 0 Å². The second kappa shape index (κ2) is 9.55. The Hall–Kier alpha value is -3.98. The van der Waals surface area contributed by atoms with E-state index < -0.39 is 34.4 Å². The van der Waals surface area contributed by atoms with Gasteiger partial charge in [0.05, 0.1) is 22.5 Å². The summed E-state index contributed by atoms with van der Waals surface area (Å²) in [6, 6.07) is 16.0. The molecule has 1 aromatic heterocycles. The van der Waals surface area contributed by atoms with Gasteiger partial charge in [0.2, 0.25) is 5.91 Å². The van der Waals surface area contributed by atoms with Crippen molar-refractivity contribution in [1.82, 2.24) is 9.97 Å². The molecule has 1 aliphatic heterocycles. The molecule has 214 valence electrons. The van der Waals surface area contributed by atoms with E-state index in [1.165, 1.54) is 12.1 Å². The number of aromatic nitrogens is 2. The maximum absolute atomic E-state index is 16.0. The van der Waals surface area contributed by atoms with Crippen molar-refractivity contribution in [3.63, 3.8) is 0 Å². The molecule has 2 heterocycles. The van der Waals surface area contributed by atoms with Crippen molar-refractivity contribution in [2.45, 2.75) is 64.5 Å². The van der Waals surface area contributed by atoms with Crippen LogP contribution >= 0.6 is 0 Å². The molecule has 1 N–H and O–H groups in total. The molecule has 5 rings (SSSR count). The monoisotopic (exact) mass is 562 g/mol. The Morgan fingerprint density at radius 3 is 2.32 bits per heavy atom. The van der Waals surface area contributed by atoms with Gasteiger partial charge in [-0.15, -0.1) is 0 Å². The van der Waals surface area contributed by atoms with E-state index in [1.54, 1.807) is 30.7 Å². The van der Waals surface area contributed by atoms with E-state index >= 15 is 13.2 Å². The largest absolute Gasteiger partial charge is 0.384 e. The van der Waals surface area contributed by atoms with E-state index in [9.17, 15) is 9.90 Å². The molecular formula is C32H33F3N4O2. The van der Waals surface area contributed by atoms with E-state index in [0.717, 1.165) is 31.2 Å². The lowest BCUT2D eigenvalue weighted by atomic mass is 9.85. The molecule has 1 amide bonds. The smallest absolute Gasteiger partial charge is 0.303 e. The fourth-order valence-corrected chi connectivity index (χ4v) is 5.57. The summed E-state index contributed by atoms with van der Waals surface area (Å²) in [7, 11) is 1.73. The van der Waals surface area contributed by atoms with Crippen molar-refractivity contribution in [3.05, 3.63) is 89.0 Å². The fourth-order valence-electron chi connectivity index (χ4n) is 5.57. The van der Waals surface area contributed by atoms with Crippen LogP contribution in [0.4, 0.5) is 30.4 Å². The van der Waals surface area contributed by atoms with Gasteiger partial charge in [-0.3, -0.25) is 4.79 Å². The fraction of sp³-hybridized carbons (Fsp3) is 0.344. The third-order valence-electron chi connectivity index (χ3n) is 8.01. The SMILES string of the molecule is Cc1nc(N(c2ccccc2)C(C)c2cccc(C(F)(F)C(C)(C)O)c2F)c2cc3c(cc2n1)N(C)C(=O)C3(C)C. The van der Waals surface area contributed by atoms with Crippen LogP contribution < -0.4 is 9.80 Å². The molecule has 6 nitrogen and oxygen atoms in total. The summed E-state index contributed by atoms with van der Waals surface area (Å²) in [5, 5.41) is 10.8. The van der Waals surface area contributed by atoms with Gasteiger partial charge in [0.15, 0.2) is 0 Å². The Balaban J connectivity index is 1.77. The number of carbonyl (C=O) groups excluding carboxylic acids is 1. The number of para-hydroxylation sites is 1. The number of hydrogen-bond acceptors (Lipinski definition) is 5. The average Bonchev–Trinajstić information content (AvgIpc) is 3.07. The van der Waals surface area contributed by atoms with Gasteiger partial charge in [-0.05, 0) is 77.4 Å². The van der Waals surface area contributed by atoms with Crippen LogP contribution in [0.1, 0.15) is 63.2 Å². The molecule has 3 aromatic carbocycles. The number of fused-ring (bicyclic) bond motifs is 2. The second-order valence-electron chi connectivity index (χ2n) is 11.7. The number of amides is 1. The maximum atomic E-state index is 16.0. The topological polar surface area (TPSA) is 69.6 Å². The molecule has 1 atom stereocenters. The second-order valence-corrected chi connectivity index (χ2v) is 11.7. The maximum Gasteiger partial charge on any atom is 0.303 e. The average molecular weight is 563 g/mol. The summed E-state index contributed by atoms with van der Waals surface area (Å²) < 4.78 is 46.4. The molecule has 0 fully saturated rings. The molecule has 0 saturated carbocycles. The van der Waals surface area contributed by atoms with Gasteiger partial charge in [0, 0.05) is 29.4 Å². The quantitative estimate of drug-likeness (QED) is 0.272. The van der Waals surface area contributed by atoms with Crippen LogP contribution in [-0.2, 0) is 16.1 Å². The first-order valence-corrected chi connectivity index (χ1v) is 13.4. The molecule has 0 saturated heterocycles. The number of aryl methyl sites for hydroxylation is 1. The molecular weight excluding hydrogens is 529 g/mol. The molecule has 1 unspecified atom stereocenters. The lowest BCUT2D eigenvalue weighted by molar-refractivity contribution is -0.170. The number of nitrogens with zero attached hydrogens (tertiary/aromatic N) is 4. The Morgan fingerprint density at radius 2 is 1.68 bits per heavy atom. The Kier molecular flexibility index (Phi) is 6.65. The third kappa shape index (κ3) is 4.43. The van der Waals surface area contributed by atoms with Gasteiger partial charge in [-0.25, -0.2) is 14.4 Å². The lowest BCUT2D eigenvalue weighted by Crippen LogP contribution is -2.41. The van der Waals surface area contributed by atoms with E-state index in [4.69, 9.17) is 4.98 Å². The highest BCUT2D eigenvalue weighted by Gasteiger charge is 2.49. The number of hydrogen-bond donors (Lipinski definition) is 1. The number of alkyl halides is 2. The lowest BCUT2D eigenvalue weighted by Gasteiger charge is -2.34. The molecule has 4 aromatic rings. The van der Waals surface area contributed by atoms with E-state index in [0.29, 0.717) is 28.2 Å². The minimum atomic E-state index is -3.84. The zero-order valence-corrected chi connectivity index (χ0v) is 24.1. The van der Waals surface area contributed by atoms with Crippen molar-refractivity contribution in [2.75, 3.05) is 16.8 Å². The molecule has 0 spiro atoms. The van der Waals surface area contributed by atoms with Crippen LogP contribution in [0.5, 0.6) is 0 Å². The van der Waals surface area contributed by atoms with Crippen LogP contribution in [0.2, 0.25) is 0 Å². The number of likely N-dealkylation sites (N-methyl/N-ethyl adjacent to an activating group) is 1. The molecule has 1 aliphatic rings. The van der Waals surface area contributed by atoms with Crippen LogP contribution in [0.25, 0.3) is 10.9 Å². The number of rotatable bonds is 6. The van der Waals surface area contributed by atoms with Gasteiger partial charge in [0.1, 0.15) is 23.1 Å². The molecule has 41 heavy (non-hydrogen) atoms.